The molecule has 0 aromatic heterocycles. The number of phenols is 1. The molecule has 0 spiro atoms. The number of likely N-dealkylation sites (tertiary alicyclic amines) is 1. The normalized spacial score (nSPS) is 17.7. The van der Waals surface area contributed by atoms with E-state index in [-0.39, 0.29) is 16.7 Å². The van der Waals surface area contributed by atoms with Crippen molar-refractivity contribution in [2.45, 2.75) is 32.2 Å². The lowest BCUT2D eigenvalue weighted by molar-refractivity contribution is 0.0930. The van der Waals surface area contributed by atoms with Gasteiger partial charge >= 0.3 is 0 Å². The molecule has 1 aromatic rings. The molecule has 1 unspecified atom stereocenters. The largest absolute Gasteiger partial charge is 0.506 e. The van der Waals surface area contributed by atoms with Crippen molar-refractivity contribution in [3.05, 3.63) is 28.8 Å². The van der Waals surface area contributed by atoms with Crippen LogP contribution in [0.4, 0.5) is 0 Å². The maximum absolute atomic E-state index is 12.0. The van der Waals surface area contributed by atoms with Crippen molar-refractivity contribution in [1.82, 2.24) is 10.2 Å². The molecule has 1 saturated heterocycles. The highest BCUT2D eigenvalue weighted by Crippen LogP contribution is 2.23. The molecular formula is C15H21ClN2O2. The molecule has 0 aliphatic carbocycles. The fourth-order valence-electron chi connectivity index (χ4n) is 2.48. The van der Waals surface area contributed by atoms with Crippen LogP contribution in [0.15, 0.2) is 18.2 Å². The summed E-state index contributed by atoms with van der Waals surface area (Å²) >= 11 is 5.80. The maximum Gasteiger partial charge on any atom is 0.251 e. The smallest absolute Gasteiger partial charge is 0.251 e. The van der Waals surface area contributed by atoms with E-state index in [4.69, 9.17) is 11.6 Å². The van der Waals surface area contributed by atoms with Crippen molar-refractivity contribution in [3.8, 4) is 5.75 Å². The molecule has 2 rings (SSSR count). The molecule has 0 radical (unpaired) electrons. The third kappa shape index (κ3) is 3.87. The van der Waals surface area contributed by atoms with Gasteiger partial charge in [-0.1, -0.05) is 18.0 Å². The Morgan fingerprint density at radius 1 is 1.40 bits per heavy atom. The van der Waals surface area contributed by atoms with Gasteiger partial charge in [-0.15, -0.1) is 0 Å². The van der Waals surface area contributed by atoms with E-state index in [0.717, 1.165) is 13.1 Å². The molecule has 4 nitrogen and oxygen atoms in total. The van der Waals surface area contributed by atoms with Gasteiger partial charge in [0.05, 0.1) is 5.02 Å². The van der Waals surface area contributed by atoms with E-state index in [2.05, 4.69) is 17.1 Å². The topological polar surface area (TPSA) is 52.6 Å². The van der Waals surface area contributed by atoms with Crippen LogP contribution in [0.3, 0.4) is 0 Å². The fourth-order valence-corrected chi connectivity index (χ4v) is 2.66. The van der Waals surface area contributed by atoms with Crippen LogP contribution in [0.25, 0.3) is 0 Å². The molecule has 0 bridgehead atoms. The third-order valence-corrected chi connectivity index (χ3v) is 4.08. The number of hydrogen-bond donors (Lipinski definition) is 2. The van der Waals surface area contributed by atoms with E-state index >= 15 is 0 Å². The van der Waals surface area contributed by atoms with Crippen LogP contribution < -0.4 is 5.32 Å². The second-order valence-electron chi connectivity index (χ2n) is 5.32. The molecule has 20 heavy (non-hydrogen) atoms. The Hall–Kier alpha value is -1.26. The minimum absolute atomic E-state index is 0.00935. The number of aromatic hydroxyl groups is 1. The first kappa shape index (κ1) is 15.1. The molecule has 1 heterocycles. The van der Waals surface area contributed by atoms with Crippen LogP contribution in [-0.4, -0.2) is 41.6 Å². The highest BCUT2D eigenvalue weighted by atomic mass is 35.5. The lowest BCUT2D eigenvalue weighted by atomic mass is 10.1. The molecule has 1 aliphatic rings. The van der Waals surface area contributed by atoms with E-state index in [1.165, 1.54) is 31.4 Å². The number of piperidine rings is 1. The second kappa shape index (κ2) is 6.95. The van der Waals surface area contributed by atoms with E-state index in [1.54, 1.807) is 6.07 Å². The van der Waals surface area contributed by atoms with Crippen molar-refractivity contribution in [2.75, 3.05) is 19.6 Å². The van der Waals surface area contributed by atoms with Crippen molar-refractivity contribution in [2.24, 2.45) is 0 Å². The van der Waals surface area contributed by atoms with E-state index in [0.29, 0.717) is 18.2 Å². The highest BCUT2D eigenvalue weighted by Gasteiger charge is 2.17. The van der Waals surface area contributed by atoms with Crippen molar-refractivity contribution >= 4 is 17.5 Å². The first-order chi connectivity index (χ1) is 9.58. The van der Waals surface area contributed by atoms with Gasteiger partial charge in [-0.25, -0.2) is 0 Å². The number of rotatable bonds is 4. The van der Waals surface area contributed by atoms with Crippen LogP contribution in [0, 0.1) is 0 Å². The summed E-state index contributed by atoms with van der Waals surface area (Å²) in [4.78, 5) is 14.4. The van der Waals surface area contributed by atoms with Crippen molar-refractivity contribution in [3.63, 3.8) is 0 Å². The molecule has 1 fully saturated rings. The minimum atomic E-state index is -0.157. The fraction of sp³-hybridized carbons (Fsp3) is 0.533. The number of carbonyl (C=O) groups excluding carboxylic acids is 1. The van der Waals surface area contributed by atoms with Crippen LogP contribution in [0.5, 0.6) is 5.75 Å². The summed E-state index contributed by atoms with van der Waals surface area (Å²) in [5.74, 6) is -0.166. The molecule has 1 aliphatic heterocycles. The quantitative estimate of drug-likeness (QED) is 0.898. The summed E-state index contributed by atoms with van der Waals surface area (Å²) in [6, 6.07) is 4.83. The predicted molar refractivity (Wildman–Crippen MR) is 80.3 cm³/mol. The molecule has 1 atom stereocenters. The molecule has 110 valence electrons. The highest BCUT2D eigenvalue weighted by molar-refractivity contribution is 6.32. The van der Waals surface area contributed by atoms with Crippen LogP contribution >= 0.6 is 11.6 Å². The summed E-state index contributed by atoms with van der Waals surface area (Å²) in [7, 11) is 0. The van der Waals surface area contributed by atoms with Crippen molar-refractivity contribution in [1.29, 1.82) is 0 Å². The number of hydrogen-bond acceptors (Lipinski definition) is 3. The van der Waals surface area contributed by atoms with E-state index in [9.17, 15) is 9.90 Å². The Morgan fingerprint density at radius 3 is 2.75 bits per heavy atom. The van der Waals surface area contributed by atoms with Crippen LogP contribution in [0.2, 0.25) is 5.02 Å². The second-order valence-corrected chi connectivity index (χ2v) is 5.73. The lowest BCUT2D eigenvalue weighted by Gasteiger charge is -2.32. The number of phenolic OH excluding ortho intramolecular Hbond substituents is 1. The lowest BCUT2D eigenvalue weighted by Crippen LogP contribution is -2.44. The monoisotopic (exact) mass is 296 g/mol. The Balaban J connectivity index is 1.86. The number of benzene rings is 1. The summed E-state index contributed by atoms with van der Waals surface area (Å²) in [5, 5.41) is 12.5. The number of carbonyl (C=O) groups is 1. The Kier molecular flexibility index (Phi) is 5.26. The molecule has 1 amide bonds. The summed E-state index contributed by atoms with van der Waals surface area (Å²) < 4.78 is 0. The van der Waals surface area contributed by atoms with Gasteiger partial charge < -0.3 is 10.4 Å². The third-order valence-electron chi connectivity index (χ3n) is 3.78. The Morgan fingerprint density at radius 2 is 2.10 bits per heavy atom. The van der Waals surface area contributed by atoms with Gasteiger partial charge in [0.2, 0.25) is 0 Å². The van der Waals surface area contributed by atoms with Gasteiger partial charge in [-0.3, -0.25) is 9.69 Å². The molecule has 0 saturated carbocycles. The van der Waals surface area contributed by atoms with Gasteiger partial charge in [0.25, 0.3) is 5.91 Å². The summed E-state index contributed by atoms with van der Waals surface area (Å²) in [6.07, 6.45) is 3.79. The van der Waals surface area contributed by atoms with E-state index < -0.39 is 0 Å². The predicted octanol–water partition coefficient (Wildman–Crippen LogP) is 2.65. The summed E-state index contributed by atoms with van der Waals surface area (Å²) in [6.45, 7) is 4.98. The van der Waals surface area contributed by atoms with Gasteiger partial charge in [-0.05, 0) is 51.1 Å². The van der Waals surface area contributed by atoms with Gasteiger partial charge in [-0.2, -0.15) is 0 Å². The van der Waals surface area contributed by atoms with Gasteiger partial charge in [0.15, 0.2) is 0 Å². The average Bonchev–Trinajstić information content (AvgIpc) is 2.48. The first-order valence-electron chi connectivity index (χ1n) is 7.08. The number of nitrogens with zero attached hydrogens (tertiary/aromatic N) is 1. The molecule has 2 N–H and O–H groups in total. The number of halogens is 1. The van der Waals surface area contributed by atoms with Gasteiger partial charge in [0, 0.05) is 18.2 Å². The zero-order valence-electron chi connectivity index (χ0n) is 11.7. The maximum atomic E-state index is 12.0. The molecule has 1 aromatic carbocycles. The van der Waals surface area contributed by atoms with Crippen molar-refractivity contribution < 1.29 is 9.90 Å². The molecule has 5 heteroatoms. The first-order valence-corrected chi connectivity index (χ1v) is 7.46. The SMILES string of the molecule is CC(CNC(=O)c1ccc(O)c(Cl)c1)N1CCCCC1. The minimum Gasteiger partial charge on any atom is -0.506 e. The Bertz CT molecular complexity index is 473. The number of nitrogens with one attached hydrogen (secondary N) is 1. The number of amides is 1. The summed E-state index contributed by atoms with van der Waals surface area (Å²) in [5.41, 5.74) is 0.471. The van der Waals surface area contributed by atoms with Crippen LogP contribution in [-0.2, 0) is 0 Å². The zero-order valence-corrected chi connectivity index (χ0v) is 12.5. The standard InChI is InChI=1S/C15H21ClN2O2/c1-11(18-7-3-2-4-8-18)10-17-15(20)12-5-6-14(19)13(16)9-12/h5-6,9,11,19H,2-4,7-8,10H2,1H3,(H,17,20). The Labute approximate surface area is 124 Å². The average molecular weight is 297 g/mol. The zero-order chi connectivity index (χ0) is 14.5. The van der Waals surface area contributed by atoms with Crippen LogP contribution in [0.1, 0.15) is 36.5 Å². The van der Waals surface area contributed by atoms with E-state index in [1.807, 2.05) is 0 Å². The molecular weight excluding hydrogens is 276 g/mol. The van der Waals surface area contributed by atoms with Gasteiger partial charge in [0.1, 0.15) is 5.75 Å².